The molecule has 0 saturated carbocycles. The molecule has 2 saturated heterocycles. The van der Waals surface area contributed by atoms with Crippen LogP contribution in [-0.4, -0.2) is 51.9 Å². The van der Waals surface area contributed by atoms with Crippen molar-refractivity contribution in [2.45, 2.75) is 0 Å². The molecule has 0 unspecified atom stereocenters. The normalized spacial score (nSPS) is 16.6. The number of hydrogen-bond acceptors (Lipinski definition) is 5. The van der Waals surface area contributed by atoms with Crippen LogP contribution in [0.1, 0.15) is 0 Å². The predicted octanol–water partition coefficient (Wildman–Crippen LogP) is 4.61. The van der Waals surface area contributed by atoms with E-state index in [0.29, 0.717) is 53.7 Å². The Morgan fingerprint density at radius 3 is 2.65 bits per heavy atom. The molecule has 4 heterocycles. The van der Waals surface area contributed by atoms with Crippen molar-refractivity contribution in [1.29, 1.82) is 0 Å². The van der Waals surface area contributed by atoms with E-state index in [1.54, 1.807) is 35.4 Å². The van der Waals surface area contributed by atoms with E-state index in [1.165, 1.54) is 18.5 Å². The molecule has 2 aromatic heterocycles. The molecule has 2 aliphatic rings. The molecule has 9 heteroatoms. The van der Waals surface area contributed by atoms with E-state index in [2.05, 4.69) is 21.5 Å². The van der Waals surface area contributed by atoms with Crippen LogP contribution in [0.25, 0.3) is 32.9 Å². The van der Waals surface area contributed by atoms with E-state index in [0.717, 1.165) is 0 Å². The summed E-state index contributed by atoms with van der Waals surface area (Å²) in [6.45, 7) is 6.29. The summed E-state index contributed by atoms with van der Waals surface area (Å²) < 4.78 is 29.9. The van der Waals surface area contributed by atoms with Crippen LogP contribution >= 0.6 is 11.6 Å². The van der Waals surface area contributed by atoms with Gasteiger partial charge in [-0.25, -0.2) is 18.7 Å². The van der Waals surface area contributed by atoms with Gasteiger partial charge in [-0.1, -0.05) is 42.4 Å². The minimum absolute atomic E-state index is 0.0334. The second-order valence-corrected chi connectivity index (χ2v) is 9.28. The van der Waals surface area contributed by atoms with Crippen molar-refractivity contribution in [2.24, 2.45) is 5.41 Å². The third-order valence-electron chi connectivity index (χ3n) is 6.68. The molecule has 0 bridgehead atoms. The first kappa shape index (κ1) is 20.9. The minimum atomic E-state index is -0.615. The van der Waals surface area contributed by atoms with Crippen molar-refractivity contribution >= 4 is 45.0 Å². The lowest BCUT2D eigenvalue weighted by molar-refractivity contribution is -0.139. The lowest BCUT2D eigenvalue weighted by Crippen LogP contribution is -2.73. The van der Waals surface area contributed by atoms with Crippen molar-refractivity contribution in [2.75, 3.05) is 31.1 Å². The molecule has 2 aromatic carbocycles. The average molecular weight is 478 g/mol. The fourth-order valence-corrected chi connectivity index (χ4v) is 5.36. The fraction of sp³-hybridized carbons (Fsp3) is 0.200. The molecule has 1 amide bonds. The highest BCUT2D eigenvalue weighted by Crippen LogP contribution is 2.43. The van der Waals surface area contributed by atoms with Crippen LogP contribution in [0.3, 0.4) is 0 Å². The molecule has 0 aliphatic carbocycles. The van der Waals surface area contributed by atoms with Gasteiger partial charge < -0.3 is 9.80 Å². The molecular weight excluding hydrogens is 460 g/mol. The van der Waals surface area contributed by atoms with Crippen molar-refractivity contribution in [1.82, 2.24) is 19.9 Å². The molecule has 0 radical (unpaired) electrons. The maximum absolute atomic E-state index is 15.7. The van der Waals surface area contributed by atoms with Crippen molar-refractivity contribution in [3.8, 4) is 11.3 Å². The van der Waals surface area contributed by atoms with Gasteiger partial charge in [-0.15, -0.1) is 0 Å². The number of pyridine rings is 1. The first-order chi connectivity index (χ1) is 16.4. The molecule has 2 fully saturated rings. The summed E-state index contributed by atoms with van der Waals surface area (Å²) in [5, 5.41) is 1.50. The van der Waals surface area contributed by atoms with Crippen molar-refractivity contribution in [3.63, 3.8) is 0 Å². The molecule has 1 spiro atoms. The van der Waals surface area contributed by atoms with Crippen molar-refractivity contribution in [3.05, 3.63) is 72.2 Å². The second-order valence-electron chi connectivity index (χ2n) is 8.90. The van der Waals surface area contributed by atoms with E-state index in [9.17, 15) is 9.18 Å². The molecular formula is C25H18ClF2N5O. The van der Waals surface area contributed by atoms with Gasteiger partial charge in [-0.3, -0.25) is 9.78 Å². The summed E-state index contributed by atoms with van der Waals surface area (Å²) in [5.41, 5.74) is 0.613. The quantitative estimate of drug-likeness (QED) is 0.403. The van der Waals surface area contributed by atoms with Gasteiger partial charge in [0.05, 0.1) is 10.4 Å². The Morgan fingerprint density at radius 2 is 1.88 bits per heavy atom. The zero-order valence-electron chi connectivity index (χ0n) is 17.9. The number of halogens is 3. The number of likely N-dealkylation sites (tertiary alicyclic amines) is 1. The molecule has 4 aromatic rings. The predicted molar refractivity (Wildman–Crippen MR) is 127 cm³/mol. The number of anilines is 1. The van der Waals surface area contributed by atoms with E-state index >= 15 is 4.39 Å². The van der Waals surface area contributed by atoms with Gasteiger partial charge in [0.2, 0.25) is 5.91 Å². The van der Waals surface area contributed by atoms with Gasteiger partial charge >= 0.3 is 0 Å². The van der Waals surface area contributed by atoms with Crippen LogP contribution in [0, 0.1) is 17.0 Å². The maximum atomic E-state index is 15.7. The average Bonchev–Trinajstić information content (AvgIpc) is 2.79. The third kappa shape index (κ3) is 2.98. The van der Waals surface area contributed by atoms with Gasteiger partial charge in [0.15, 0.2) is 5.82 Å². The molecule has 2 aliphatic heterocycles. The molecule has 0 atom stereocenters. The van der Waals surface area contributed by atoms with Crippen LogP contribution < -0.4 is 4.90 Å². The SMILES string of the molecule is C=CC(=O)N1CC2(C1)CN(c1ncnc3c(F)c(-c4cccc5ccc(F)c(Cl)c45)ncc13)C2. The topological polar surface area (TPSA) is 62.2 Å². The molecule has 170 valence electrons. The second kappa shape index (κ2) is 7.43. The largest absolute Gasteiger partial charge is 0.354 e. The highest BCUT2D eigenvalue weighted by Gasteiger charge is 2.53. The summed E-state index contributed by atoms with van der Waals surface area (Å²) >= 11 is 6.24. The van der Waals surface area contributed by atoms with E-state index in [-0.39, 0.29) is 27.6 Å². The zero-order chi connectivity index (χ0) is 23.6. The number of amides is 1. The van der Waals surface area contributed by atoms with Crippen LogP contribution in [-0.2, 0) is 4.79 Å². The van der Waals surface area contributed by atoms with Gasteiger partial charge in [0.25, 0.3) is 0 Å². The lowest BCUT2D eigenvalue weighted by Gasteiger charge is -2.60. The monoisotopic (exact) mass is 477 g/mol. The number of carbonyl (C=O) groups excluding carboxylic acids is 1. The van der Waals surface area contributed by atoms with Crippen LogP contribution in [0.5, 0.6) is 0 Å². The van der Waals surface area contributed by atoms with Gasteiger partial charge in [-0.2, -0.15) is 0 Å². The van der Waals surface area contributed by atoms with Crippen LogP contribution in [0.15, 0.2) is 55.5 Å². The number of carbonyl (C=O) groups is 1. The smallest absolute Gasteiger partial charge is 0.245 e. The first-order valence-electron chi connectivity index (χ1n) is 10.7. The molecule has 0 N–H and O–H groups in total. The number of rotatable bonds is 3. The highest BCUT2D eigenvalue weighted by atomic mass is 35.5. The molecule has 6 nitrogen and oxygen atoms in total. The van der Waals surface area contributed by atoms with E-state index in [1.807, 2.05) is 4.90 Å². The minimum Gasteiger partial charge on any atom is -0.354 e. The summed E-state index contributed by atoms with van der Waals surface area (Å²) in [7, 11) is 0. The van der Waals surface area contributed by atoms with Crippen LogP contribution in [0.4, 0.5) is 14.6 Å². The summed E-state index contributed by atoms with van der Waals surface area (Å²) in [6, 6.07) is 8.09. The zero-order valence-corrected chi connectivity index (χ0v) is 18.7. The van der Waals surface area contributed by atoms with Crippen molar-refractivity contribution < 1.29 is 13.6 Å². The Labute approximate surface area is 198 Å². The fourth-order valence-electron chi connectivity index (χ4n) is 5.09. The lowest BCUT2D eigenvalue weighted by atomic mass is 9.72. The van der Waals surface area contributed by atoms with E-state index < -0.39 is 11.6 Å². The van der Waals surface area contributed by atoms with Gasteiger partial charge in [-0.05, 0) is 17.5 Å². The Bertz CT molecular complexity index is 1510. The molecule has 6 rings (SSSR count). The van der Waals surface area contributed by atoms with Crippen LogP contribution in [0.2, 0.25) is 5.02 Å². The number of benzene rings is 2. The highest BCUT2D eigenvalue weighted by molar-refractivity contribution is 6.36. The Morgan fingerprint density at radius 1 is 1.09 bits per heavy atom. The van der Waals surface area contributed by atoms with E-state index in [4.69, 9.17) is 11.6 Å². The number of aromatic nitrogens is 3. The number of fused-ring (bicyclic) bond motifs is 2. The summed E-state index contributed by atoms with van der Waals surface area (Å²) in [6.07, 6.45) is 4.21. The first-order valence-corrected chi connectivity index (χ1v) is 11.1. The third-order valence-corrected chi connectivity index (χ3v) is 7.05. The summed E-state index contributed by atoms with van der Waals surface area (Å²) in [5.74, 6) is -0.660. The Hall–Kier alpha value is -3.65. The number of hydrogen-bond donors (Lipinski definition) is 0. The maximum Gasteiger partial charge on any atom is 0.245 e. The standard InChI is InChI=1S/C25H18ClF2N5O/c1-2-18(34)32-9-25(10-32)11-33(12-25)24-16-8-29-22(21(28)23(16)30-13-31-24)15-5-3-4-14-6-7-17(27)20(26)19(14)15/h2-8,13H,1,9-12H2. The molecule has 34 heavy (non-hydrogen) atoms. The Balaban J connectivity index is 1.37. The summed E-state index contributed by atoms with van der Waals surface area (Å²) in [4.78, 5) is 28.5. The van der Waals surface area contributed by atoms with Gasteiger partial charge in [0, 0.05) is 48.7 Å². The Kier molecular flexibility index (Phi) is 4.57. The van der Waals surface area contributed by atoms with Gasteiger partial charge in [0.1, 0.15) is 29.2 Å². The number of nitrogens with zero attached hydrogens (tertiary/aromatic N) is 5.